The summed E-state index contributed by atoms with van der Waals surface area (Å²) in [5.74, 6) is 0.538. The summed E-state index contributed by atoms with van der Waals surface area (Å²) in [4.78, 5) is 13.3. The highest BCUT2D eigenvalue weighted by Crippen LogP contribution is 2.23. The maximum atomic E-state index is 12.2. The lowest BCUT2D eigenvalue weighted by Crippen LogP contribution is -2.37. The lowest BCUT2D eigenvalue weighted by molar-refractivity contribution is -0.127. The third kappa shape index (κ3) is 4.22. The molecule has 2 rings (SSSR count). The number of halogens is 1. The standard InChI is InChI=1S/C16H18ClNO2S/c1-10-9-13(17)6-7-14(10)20-12(3)16(19)18-11(2)15-5-4-8-21-15/h4-9,11-12H,1-3H3,(H,18,19)/t11-,12-/m1/s1. The second kappa shape index (κ2) is 6.96. The third-order valence-electron chi connectivity index (χ3n) is 3.14. The van der Waals surface area contributed by atoms with Crippen LogP contribution in [-0.4, -0.2) is 12.0 Å². The molecule has 2 aromatic rings. The number of amides is 1. The van der Waals surface area contributed by atoms with Gasteiger partial charge in [-0.1, -0.05) is 17.7 Å². The van der Waals surface area contributed by atoms with Crippen molar-refractivity contribution in [3.05, 3.63) is 51.2 Å². The van der Waals surface area contributed by atoms with Crippen molar-refractivity contribution in [2.75, 3.05) is 0 Å². The number of thiophene rings is 1. The molecular formula is C16H18ClNO2S. The largest absolute Gasteiger partial charge is 0.481 e. The number of hydrogen-bond acceptors (Lipinski definition) is 3. The summed E-state index contributed by atoms with van der Waals surface area (Å²) in [6.45, 7) is 5.61. The predicted molar refractivity (Wildman–Crippen MR) is 87.2 cm³/mol. The molecule has 0 fully saturated rings. The van der Waals surface area contributed by atoms with Crippen molar-refractivity contribution in [2.24, 2.45) is 0 Å². The molecule has 1 aromatic carbocycles. The molecule has 0 radical (unpaired) electrons. The molecular weight excluding hydrogens is 306 g/mol. The highest BCUT2D eigenvalue weighted by molar-refractivity contribution is 7.10. The summed E-state index contributed by atoms with van der Waals surface area (Å²) in [6.07, 6.45) is -0.563. The molecule has 2 atom stereocenters. The number of nitrogens with one attached hydrogen (secondary N) is 1. The van der Waals surface area contributed by atoms with Crippen molar-refractivity contribution in [1.82, 2.24) is 5.32 Å². The Hall–Kier alpha value is -1.52. The van der Waals surface area contributed by atoms with E-state index < -0.39 is 6.10 Å². The van der Waals surface area contributed by atoms with Gasteiger partial charge in [0.1, 0.15) is 5.75 Å². The van der Waals surface area contributed by atoms with E-state index in [0.29, 0.717) is 10.8 Å². The van der Waals surface area contributed by atoms with Crippen LogP contribution in [0.25, 0.3) is 0 Å². The van der Waals surface area contributed by atoms with E-state index in [2.05, 4.69) is 5.32 Å². The van der Waals surface area contributed by atoms with Crippen molar-refractivity contribution in [3.8, 4) is 5.75 Å². The zero-order valence-electron chi connectivity index (χ0n) is 12.2. The molecule has 1 amide bonds. The van der Waals surface area contributed by atoms with Gasteiger partial charge in [0, 0.05) is 9.90 Å². The third-order valence-corrected chi connectivity index (χ3v) is 4.43. The summed E-state index contributed by atoms with van der Waals surface area (Å²) in [7, 11) is 0. The van der Waals surface area contributed by atoms with Crippen molar-refractivity contribution >= 4 is 28.8 Å². The van der Waals surface area contributed by atoms with E-state index in [9.17, 15) is 4.79 Å². The van der Waals surface area contributed by atoms with Crippen LogP contribution in [0, 0.1) is 6.92 Å². The first-order valence-corrected chi connectivity index (χ1v) is 7.99. The van der Waals surface area contributed by atoms with Gasteiger partial charge in [-0.05, 0) is 56.0 Å². The van der Waals surface area contributed by atoms with Crippen LogP contribution in [0.2, 0.25) is 5.02 Å². The SMILES string of the molecule is Cc1cc(Cl)ccc1O[C@H](C)C(=O)N[C@H](C)c1cccs1. The number of aryl methyl sites for hydroxylation is 1. The van der Waals surface area contributed by atoms with Gasteiger partial charge in [0.15, 0.2) is 6.10 Å². The van der Waals surface area contributed by atoms with Gasteiger partial charge in [0.25, 0.3) is 5.91 Å². The van der Waals surface area contributed by atoms with E-state index in [0.717, 1.165) is 10.4 Å². The average molecular weight is 324 g/mol. The normalized spacial score (nSPS) is 13.5. The lowest BCUT2D eigenvalue weighted by Gasteiger charge is -2.19. The van der Waals surface area contributed by atoms with Crippen LogP contribution in [0.4, 0.5) is 0 Å². The molecule has 0 aliphatic heterocycles. The van der Waals surface area contributed by atoms with Crippen LogP contribution in [0.15, 0.2) is 35.7 Å². The molecule has 1 N–H and O–H groups in total. The van der Waals surface area contributed by atoms with E-state index in [-0.39, 0.29) is 11.9 Å². The number of benzene rings is 1. The Balaban J connectivity index is 1.96. The second-order valence-corrected chi connectivity index (χ2v) is 6.33. The highest BCUT2D eigenvalue weighted by atomic mass is 35.5. The summed E-state index contributed by atoms with van der Waals surface area (Å²) >= 11 is 7.53. The van der Waals surface area contributed by atoms with Gasteiger partial charge < -0.3 is 10.1 Å². The molecule has 21 heavy (non-hydrogen) atoms. The van der Waals surface area contributed by atoms with Crippen molar-refractivity contribution in [2.45, 2.75) is 32.9 Å². The predicted octanol–water partition coefficient (Wildman–Crippen LogP) is 4.35. The van der Waals surface area contributed by atoms with Crippen molar-refractivity contribution < 1.29 is 9.53 Å². The van der Waals surface area contributed by atoms with Crippen LogP contribution in [-0.2, 0) is 4.79 Å². The highest BCUT2D eigenvalue weighted by Gasteiger charge is 2.18. The number of ether oxygens (including phenoxy) is 1. The van der Waals surface area contributed by atoms with Gasteiger partial charge in [-0.15, -0.1) is 11.3 Å². The molecule has 0 unspecified atom stereocenters. The second-order valence-electron chi connectivity index (χ2n) is 4.92. The van der Waals surface area contributed by atoms with E-state index >= 15 is 0 Å². The van der Waals surface area contributed by atoms with Crippen LogP contribution < -0.4 is 10.1 Å². The first kappa shape index (κ1) is 15.9. The minimum absolute atomic E-state index is 0.0186. The van der Waals surface area contributed by atoms with Gasteiger partial charge in [0.05, 0.1) is 6.04 Å². The van der Waals surface area contributed by atoms with Gasteiger partial charge in [-0.25, -0.2) is 0 Å². The van der Waals surface area contributed by atoms with Crippen molar-refractivity contribution in [3.63, 3.8) is 0 Å². The molecule has 0 bridgehead atoms. The fourth-order valence-corrected chi connectivity index (χ4v) is 2.89. The fraction of sp³-hybridized carbons (Fsp3) is 0.312. The monoisotopic (exact) mass is 323 g/mol. The lowest BCUT2D eigenvalue weighted by atomic mass is 10.2. The molecule has 0 aliphatic carbocycles. The average Bonchev–Trinajstić information content (AvgIpc) is 2.95. The van der Waals surface area contributed by atoms with Gasteiger partial charge in [0.2, 0.25) is 0 Å². The molecule has 0 saturated heterocycles. The number of carbonyl (C=O) groups excluding carboxylic acids is 1. The van der Waals surface area contributed by atoms with E-state index in [1.54, 1.807) is 30.4 Å². The number of rotatable bonds is 5. The smallest absolute Gasteiger partial charge is 0.261 e. The molecule has 112 valence electrons. The molecule has 5 heteroatoms. The molecule has 0 saturated carbocycles. The maximum Gasteiger partial charge on any atom is 0.261 e. The van der Waals surface area contributed by atoms with E-state index in [1.807, 2.05) is 37.4 Å². The van der Waals surface area contributed by atoms with Crippen LogP contribution in [0.1, 0.15) is 30.3 Å². The maximum absolute atomic E-state index is 12.2. The van der Waals surface area contributed by atoms with Crippen LogP contribution >= 0.6 is 22.9 Å². The van der Waals surface area contributed by atoms with Gasteiger partial charge >= 0.3 is 0 Å². The summed E-state index contributed by atoms with van der Waals surface area (Å²) in [5, 5.41) is 5.60. The number of hydrogen-bond donors (Lipinski definition) is 1. The zero-order chi connectivity index (χ0) is 15.4. The topological polar surface area (TPSA) is 38.3 Å². The minimum Gasteiger partial charge on any atom is -0.481 e. The molecule has 0 spiro atoms. The Kier molecular flexibility index (Phi) is 5.26. The first-order chi connectivity index (χ1) is 9.97. The Labute approximate surface area is 133 Å². The summed E-state index contributed by atoms with van der Waals surface area (Å²) < 4.78 is 5.71. The Morgan fingerprint density at radius 2 is 2.10 bits per heavy atom. The first-order valence-electron chi connectivity index (χ1n) is 6.74. The van der Waals surface area contributed by atoms with Gasteiger partial charge in [-0.3, -0.25) is 4.79 Å². The van der Waals surface area contributed by atoms with E-state index in [4.69, 9.17) is 16.3 Å². The molecule has 3 nitrogen and oxygen atoms in total. The van der Waals surface area contributed by atoms with Crippen LogP contribution in [0.5, 0.6) is 5.75 Å². The Morgan fingerprint density at radius 3 is 2.71 bits per heavy atom. The molecule has 1 aromatic heterocycles. The quantitative estimate of drug-likeness (QED) is 0.888. The van der Waals surface area contributed by atoms with E-state index in [1.165, 1.54) is 0 Å². The fourth-order valence-electron chi connectivity index (χ4n) is 1.93. The molecule has 0 aliphatic rings. The molecule has 1 heterocycles. The minimum atomic E-state index is -0.563. The Morgan fingerprint density at radius 1 is 1.33 bits per heavy atom. The van der Waals surface area contributed by atoms with Crippen molar-refractivity contribution in [1.29, 1.82) is 0 Å². The Bertz CT molecular complexity index is 613. The zero-order valence-corrected chi connectivity index (χ0v) is 13.8. The number of carbonyl (C=O) groups is 1. The summed E-state index contributed by atoms with van der Waals surface area (Å²) in [6, 6.07) is 9.31. The van der Waals surface area contributed by atoms with Crippen LogP contribution in [0.3, 0.4) is 0 Å². The summed E-state index contributed by atoms with van der Waals surface area (Å²) in [5.41, 5.74) is 0.911. The van der Waals surface area contributed by atoms with Gasteiger partial charge in [-0.2, -0.15) is 0 Å².